The van der Waals surface area contributed by atoms with E-state index in [1.54, 1.807) is 24.3 Å². The Bertz CT molecular complexity index is 1240. The first-order chi connectivity index (χ1) is 16.4. The van der Waals surface area contributed by atoms with E-state index in [-0.39, 0.29) is 11.7 Å². The lowest BCUT2D eigenvalue weighted by Crippen LogP contribution is -2.14. The first-order valence-electron chi connectivity index (χ1n) is 10.2. The van der Waals surface area contributed by atoms with Crippen LogP contribution in [0.1, 0.15) is 5.56 Å². The molecule has 0 unspecified atom stereocenters. The maximum absolute atomic E-state index is 12.4. The number of carbonyl (C=O) groups is 1. The van der Waals surface area contributed by atoms with E-state index in [2.05, 4.69) is 30.9 Å². The Labute approximate surface area is 211 Å². The Balaban J connectivity index is 1.51. The summed E-state index contributed by atoms with van der Waals surface area (Å²) in [6.45, 7) is 1.99. The molecule has 0 radical (unpaired) electrons. The van der Waals surface area contributed by atoms with Crippen molar-refractivity contribution in [2.24, 2.45) is 0 Å². The summed E-state index contributed by atoms with van der Waals surface area (Å²) < 4.78 is 0. The van der Waals surface area contributed by atoms with Gasteiger partial charge in [-0.25, -0.2) is 0 Å². The van der Waals surface area contributed by atoms with Crippen molar-refractivity contribution in [3.05, 3.63) is 88.4 Å². The molecule has 1 aromatic heterocycles. The first-order valence-corrected chi connectivity index (χ1v) is 12.0. The van der Waals surface area contributed by atoms with Crippen molar-refractivity contribution in [1.29, 1.82) is 0 Å². The van der Waals surface area contributed by atoms with Gasteiger partial charge in [0.25, 0.3) is 0 Å². The number of thioether (sulfide) groups is 1. The number of aromatic nitrogens is 3. The van der Waals surface area contributed by atoms with E-state index in [4.69, 9.17) is 23.2 Å². The predicted molar refractivity (Wildman–Crippen MR) is 140 cm³/mol. The van der Waals surface area contributed by atoms with Gasteiger partial charge in [-0.1, -0.05) is 64.8 Å². The molecule has 0 atom stereocenters. The van der Waals surface area contributed by atoms with Gasteiger partial charge in [0.05, 0.1) is 5.75 Å². The van der Waals surface area contributed by atoms with Gasteiger partial charge in [0.2, 0.25) is 17.8 Å². The number of anilines is 5. The molecule has 4 rings (SSSR count). The normalized spacial score (nSPS) is 10.6. The fraction of sp³-hybridized carbons (Fsp3) is 0.0833. The number of nitrogens with one attached hydrogen (secondary N) is 3. The summed E-state index contributed by atoms with van der Waals surface area (Å²) >= 11 is 13.4. The molecule has 172 valence electrons. The molecule has 0 aliphatic rings. The number of carbonyl (C=O) groups excluding carboxylic acids is 1. The summed E-state index contributed by atoms with van der Waals surface area (Å²) in [5, 5.41) is 10.7. The standard InChI is InChI=1S/C24H20Cl2N6OS/c1-15-8-10-18(11-9-15)27-21(33)14-34-24-31-22(28-19-6-2-4-16(25)12-19)30-23(32-24)29-20-7-3-5-17(26)13-20/h2-13H,14H2,1H3,(H,27,33)(H2,28,29,30,31,32). The third-order valence-corrected chi connectivity index (χ3v) is 5.76. The van der Waals surface area contributed by atoms with Crippen LogP contribution >= 0.6 is 35.0 Å². The number of nitrogens with zero attached hydrogens (tertiary/aromatic N) is 3. The lowest BCUT2D eigenvalue weighted by atomic mass is 10.2. The molecular weight excluding hydrogens is 491 g/mol. The van der Waals surface area contributed by atoms with Crippen LogP contribution in [0, 0.1) is 6.92 Å². The minimum Gasteiger partial charge on any atom is -0.325 e. The minimum absolute atomic E-state index is 0.130. The predicted octanol–water partition coefficient (Wildman–Crippen LogP) is 6.70. The summed E-state index contributed by atoms with van der Waals surface area (Å²) in [5.41, 5.74) is 3.30. The summed E-state index contributed by atoms with van der Waals surface area (Å²) in [6, 6.07) is 22.0. The summed E-state index contributed by atoms with van der Waals surface area (Å²) in [6.07, 6.45) is 0. The lowest BCUT2D eigenvalue weighted by Gasteiger charge is -2.11. The van der Waals surface area contributed by atoms with Gasteiger partial charge in [-0.05, 0) is 55.5 Å². The van der Waals surface area contributed by atoms with Crippen molar-refractivity contribution in [3.8, 4) is 0 Å². The molecule has 3 aromatic carbocycles. The van der Waals surface area contributed by atoms with Crippen LogP contribution in [0.3, 0.4) is 0 Å². The van der Waals surface area contributed by atoms with Gasteiger partial charge < -0.3 is 16.0 Å². The van der Waals surface area contributed by atoms with Crippen molar-refractivity contribution in [3.63, 3.8) is 0 Å². The lowest BCUT2D eigenvalue weighted by molar-refractivity contribution is -0.113. The largest absolute Gasteiger partial charge is 0.325 e. The number of benzene rings is 3. The first kappa shape index (κ1) is 23.8. The zero-order chi connectivity index (χ0) is 23.9. The smallest absolute Gasteiger partial charge is 0.234 e. The molecule has 4 aromatic rings. The monoisotopic (exact) mass is 510 g/mol. The maximum atomic E-state index is 12.4. The summed E-state index contributed by atoms with van der Waals surface area (Å²) in [7, 11) is 0. The van der Waals surface area contributed by atoms with Gasteiger partial charge in [0, 0.05) is 27.1 Å². The van der Waals surface area contributed by atoms with Crippen molar-refractivity contribution in [1.82, 2.24) is 15.0 Å². The quantitative estimate of drug-likeness (QED) is 0.227. The summed E-state index contributed by atoms with van der Waals surface area (Å²) in [4.78, 5) is 25.8. The molecule has 0 spiro atoms. The molecular formula is C24H20Cl2N6OS. The van der Waals surface area contributed by atoms with E-state index in [1.165, 1.54) is 11.8 Å². The molecule has 3 N–H and O–H groups in total. The Kier molecular flexibility index (Phi) is 7.84. The maximum Gasteiger partial charge on any atom is 0.234 e. The zero-order valence-corrected chi connectivity index (χ0v) is 20.4. The second-order valence-electron chi connectivity index (χ2n) is 7.24. The van der Waals surface area contributed by atoms with Crippen LogP contribution in [0.2, 0.25) is 10.0 Å². The highest BCUT2D eigenvalue weighted by Crippen LogP contribution is 2.24. The van der Waals surface area contributed by atoms with Crippen LogP contribution in [0.25, 0.3) is 0 Å². The fourth-order valence-electron chi connectivity index (χ4n) is 2.89. The van der Waals surface area contributed by atoms with Gasteiger partial charge in [-0.3, -0.25) is 4.79 Å². The molecule has 0 saturated heterocycles. The average Bonchev–Trinajstić information content (AvgIpc) is 2.79. The van der Waals surface area contributed by atoms with E-state index in [0.717, 1.165) is 22.6 Å². The molecule has 1 heterocycles. The highest BCUT2D eigenvalue weighted by molar-refractivity contribution is 7.99. The molecule has 0 aliphatic carbocycles. The van der Waals surface area contributed by atoms with E-state index in [1.807, 2.05) is 55.5 Å². The van der Waals surface area contributed by atoms with Gasteiger partial charge in [0.1, 0.15) is 0 Å². The third kappa shape index (κ3) is 7.08. The SMILES string of the molecule is Cc1ccc(NC(=O)CSc2nc(Nc3cccc(Cl)c3)nc(Nc3cccc(Cl)c3)n2)cc1. The van der Waals surface area contributed by atoms with Crippen molar-refractivity contribution >= 4 is 69.8 Å². The number of amides is 1. The fourth-order valence-corrected chi connectivity index (χ4v) is 3.90. The molecule has 0 bridgehead atoms. The Morgan fingerprint density at radius 2 is 1.35 bits per heavy atom. The number of aryl methyl sites for hydroxylation is 1. The van der Waals surface area contributed by atoms with E-state index in [0.29, 0.717) is 27.1 Å². The molecule has 1 amide bonds. The highest BCUT2D eigenvalue weighted by atomic mass is 35.5. The number of hydrogen-bond acceptors (Lipinski definition) is 7. The minimum atomic E-state index is -0.164. The van der Waals surface area contributed by atoms with Crippen LogP contribution < -0.4 is 16.0 Å². The van der Waals surface area contributed by atoms with Gasteiger partial charge >= 0.3 is 0 Å². The van der Waals surface area contributed by atoms with Crippen molar-refractivity contribution in [2.45, 2.75) is 12.1 Å². The summed E-state index contributed by atoms with van der Waals surface area (Å²) in [5.74, 6) is 0.583. The van der Waals surface area contributed by atoms with E-state index < -0.39 is 0 Å². The van der Waals surface area contributed by atoms with Crippen molar-refractivity contribution in [2.75, 3.05) is 21.7 Å². The second-order valence-corrected chi connectivity index (χ2v) is 9.05. The number of halogens is 2. The second kappa shape index (κ2) is 11.2. The van der Waals surface area contributed by atoms with Crippen LogP contribution in [-0.2, 0) is 4.79 Å². The molecule has 7 nitrogen and oxygen atoms in total. The van der Waals surface area contributed by atoms with Crippen LogP contribution in [0.4, 0.5) is 29.0 Å². The zero-order valence-electron chi connectivity index (χ0n) is 18.0. The Morgan fingerprint density at radius 3 is 1.88 bits per heavy atom. The third-order valence-electron chi connectivity index (χ3n) is 4.44. The average molecular weight is 511 g/mol. The highest BCUT2D eigenvalue weighted by Gasteiger charge is 2.11. The van der Waals surface area contributed by atoms with Gasteiger partial charge in [-0.2, -0.15) is 15.0 Å². The molecule has 0 fully saturated rings. The van der Waals surface area contributed by atoms with Crippen LogP contribution in [0.15, 0.2) is 78.0 Å². The molecule has 0 aliphatic heterocycles. The van der Waals surface area contributed by atoms with E-state index >= 15 is 0 Å². The number of hydrogen-bond donors (Lipinski definition) is 3. The molecule has 34 heavy (non-hydrogen) atoms. The number of rotatable bonds is 8. The molecule has 0 saturated carbocycles. The van der Waals surface area contributed by atoms with Crippen molar-refractivity contribution < 1.29 is 4.79 Å². The van der Waals surface area contributed by atoms with Gasteiger partial charge in [0.15, 0.2) is 5.16 Å². The van der Waals surface area contributed by atoms with Crippen LogP contribution in [0.5, 0.6) is 0 Å². The van der Waals surface area contributed by atoms with Gasteiger partial charge in [-0.15, -0.1) is 0 Å². The molecule has 10 heteroatoms. The Morgan fingerprint density at radius 1 is 0.794 bits per heavy atom. The topological polar surface area (TPSA) is 91.8 Å². The Hall–Kier alpha value is -3.33. The van der Waals surface area contributed by atoms with Crippen LogP contribution in [-0.4, -0.2) is 26.6 Å². The van der Waals surface area contributed by atoms with E-state index in [9.17, 15) is 4.79 Å².